The summed E-state index contributed by atoms with van der Waals surface area (Å²) < 4.78 is 56.3. The molecule has 0 spiro atoms. The number of hydrogen-bond donors (Lipinski definition) is 0. The van der Waals surface area contributed by atoms with Crippen LogP contribution >= 0.6 is 0 Å². The first kappa shape index (κ1) is 20.0. The fourth-order valence-corrected chi connectivity index (χ4v) is 1.51. The summed E-state index contributed by atoms with van der Waals surface area (Å²) in [5.74, 6) is -0.693. The number of rotatable bonds is 5. The third-order valence-corrected chi connectivity index (χ3v) is 2.41. The highest BCUT2D eigenvalue weighted by Gasteiger charge is 2.33. The highest BCUT2D eigenvalue weighted by atomic mass is 19.4. The Morgan fingerprint density at radius 3 is 2.18 bits per heavy atom. The normalized spacial score (nSPS) is 11.3. The molecule has 0 heterocycles. The molecule has 0 bridgehead atoms. The van der Waals surface area contributed by atoms with Gasteiger partial charge in [0.25, 0.3) is 0 Å². The van der Waals surface area contributed by atoms with E-state index in [-0.39, 0.29) is 17.9 Å². The van der Waals surface area contributed by atoms with Crippen LogP contribution < -0.4 is 0 Å². The number of benzene rings is 1. The Kier molecular flexibility index (Phi) is 8.23. The van der Waals surface area contributed by atoms with Crippen molar-refractivity contribution in [3.63, 3.8) is 0 Å². The minimum absolute atomic E-state index is 0.0309. The van der Waals surface area contributed by atoms with Gasteiger partial charge in [-0.25, -0.2) is 4.39 Å². The standard InChI is InChI=1S/C15H14F4O.C2H6/c1-10(2)14(8-11(3)16)20-9-12-6-4-5-7-13(12)15(17,18)19;1-2/h4-8H,1,3,9H2,2H3;1-2H3/b14-8+;. The first-order chi connectivity index (χ1) is 10.2. The topological polar surface area (TPSA) is 9.23 Å². The monoisotopic (exact) mass is 316 g/mol. The Balaban J connectivity index is 0.00000211. The van der Waals surface area contributed by atoms with Crippen molar-refractivity contribution in [3.8, 4) is 0 Å². The molecule has 0 N–H and O–H groups in total. The molecule has 1 rings (SSSR count). The molecular weight excluding hydrogens is 296 g/mol. The Bertz CT molecular complexity index is 542. The third kappa shape index (κ3) is 6.61. The Hall–Kier alpha value is -2.04. The van der Waals surface area contributed by atoms with Gasteiger partial charge in [0.05, 0.1) is 5.56 Å². The molecule has 0 saturated heterocycles. The van der Waals surface area contributed by atoms with E-state index in [9.17, 15) is 17.6 Å². The minimum Gasteiger partial charge on any atom is -0.489 e. The lowest BCUT2D eigenvalue weighted by Gasteiger charge is -2.15. The Morgan fingerprint density at radius 2 is 1.73 bits per heavy atom. The lowest BCUT2D eigenvalue weighted by atomic mass is 10.1. The van der Waals surface area contributed by atoms with Crippen LogP contribution in [0.1, 0.15) is 31.9 Å². The number of hydrogen-bond acceptors (Lipinski definition) is 1. The molecule has 0 unspecified atom stereocenters. The van der Waals surface area contributed by atoms with E-state index in [4.69, 9.17) is 4.74 Å². The average Bonchev–Trinajstić information content (AvgIpc) is 2.44. The second-order valence-electron chi connectivity index (χ2n) is 4.18. The molecule has 1 nitrogen and oxygen atoms in total. The number of ether oxygens (including phenoxy) is 1. The molecular formula is C17H20F4O. The summed E-state index contributed by atoms with van der Waals surface area (Å²) in [6.45, 7) is 11.8. The summed E-state index contributed by atoms with van der Waals surface area (Å²) in [6, 6.07) is 5.05. The minimum atomic E-state index is -4.46. The molecule has 1 aromatic carbocycles. The molecule has 0 fully saturated rings. The maximum atomic E-state index is 12.8. The van der Waals surface area contributed by atoms with Gasteiger partial charge in [-0.05, 0) is 18.6 Å². The average molecular weight is 316 g/mol. The SMILES string of the molecule is C=C(F)/C=C(/OCc1ccccc1C(F)(F)F)C(=C)C.CC. The quantitative estimate of drug-likeness (QED) is 0.357. The zero-order chi connectivity index (χ0) is 17.3. The fourth-order valence-electron chi connectivity index (χ4n) is 1.51. The molecule has 0 saturated carbocycles. The Labute approximate surface area is 128 Å². The van der Waals surface area contributed by atoms with Crippen molar-refractivity contribution in [2.75, 3.05) is 0 Å². The molecule has 22 heavy (non-hydrogen) atoms. The molecule has 0 aliphatic carbocycles. The summed E-state index contributed by atoms with van der Waals surface area (Å²) in [5, 5.41) is 0. The number of halogens is 4. The van der Waals surface area contributed by atoms with Gasteiger partial charge in [-0.1, -0.05) is 45.2 Å². The van der Waals surface area contributed by atoms with E-state index in [1.165, 1.54) is 18.2 Å². The van der Waals surface area contributed by atoms with E-state index < -0.39 is 17.6 Å². The fraction of sp³-hybridized carbons (Fsp3) is 0.294. The molecule has 122 valence electrons. The zero-order valence-electron chi connectivity index (χ0n) is 12.9. The van der Waals surface area contributed by atoms with Crippen LogP contribution in [-0.4, -0.2) is 0 Å². The van der Waals surface area contributed by atoms with Gasteiger partial charge in [-0.15, -0.1) is 0 Å². The van der Waals surface area contributed by atoms with Crippen molar-refractivity contribution in [2.24, 2.45) is 0 Å². The van der Waals surface area contributed by atoms with Gasteiger partial charge in [0.15, 0.2) is 0 Å². The largest absolute Gasteiger partial charge is 0.489 e. The van der Waals surface area contributed by atoms with Gasteiger partial charge in [-0.2, -0.15) is 13.2 Å². The van der Waals surface area contributed by atoms with E-state index in [1.54, 1.807) is 6.92 Å². The zero-order valence-corrected chi connectivity index (χ0v) is 12.9. The van der Waals surface area contributed by atoms with Gasteiger partial charge in [0.1, 0.15) is 18.2 Å². The van der Waals surface area contributed by atoms with Crippen molar-refractivity contribution in [2.45, 2.75) is 33.6 Å². The van der Waals surface area contributed by atoms with Gasteiger partial charge >= 0.3 is 6.18 Å². The summed E-state index contributed by atoms with van der Waals surface area (Å²) in [7, 11) is 0. The van der Waals surface area contributed by atoms with E-state index in [0.29, 0.717) is 5.57 Å². The van der Waals surface area contributed by atoms with Gasteiger partial charge in [0.2, 0.25) is 0 Å². The smallest absolute Gasteiger partial charge is 0.416 e. The van der Waals surface area contributed by atoms with E-state index in [0.717, 1.165) is 12.1 Å². The van der Waals surface area contributed by atoms with Crippen LogP contribution in [0.4, 0.5) is 17.6 Å². The predicted molar refractivity (Wildman–Crippen MR) is 80.7 cm³/mol. The van der Waals surface area contributed by atoms with Crippen LogP contribution in [0.5, 0.6) is 0 Å². The van der Waals surface area contributed by atoms with Crippen molar-refractivity contribution >= 4 is 0 Å². The maximum Gasteiger partial charge on any atom is 0.416 e. The van der Waals surface area contributed by atoms with Gasteiger partial charge < -0.3 is 4.74 Å². The summed E-state index contributed by atoms with van der Waals surface area (Å²) in [6.07, 6.45) is -3.48. The highest BCUT2D eigenvalue weighted by Crippen LogP contribution is 2.32. The molecule has 1 aromatic rings. The van der Waals surface area contributed by atoms with Crippen molar-refractivity contribution in [1.82, 2.24) is 0 Å². The molecule has 5 heteroatoms. The molecule has 0 aromatic heterocycles. The maximum absolute atomic E-state index is 12.8. The van der Waals surface area contributed by atoms with E-state index >= 15 is 0 Å². The highest BCUT2D eigenvalue weighted by molar-refractivity contribution is 5.31. The summed E-state index contributed by atoms with van der Waals surface area (Å²) in [5.41, 5.74) is -0.412. The molecule has 0 aliphatic heterocycles. The van der Waals surface area contributed by atoms with Gasteiger partial charge in [0, 0.05) is 11.6 Å². The molecule has 0 radical (unpaired) electrons. The van der Waals surface area contributed by atoms with E-state index in [2.05, 4.69) is 13.2 Å². The van der Waals surface area contributed by atoms with Crippen LogP contribution in [0.15, 0.2) is 60.7 Å². The molecule has 0 aliphatic rings. The van der Waals surface area contributed by atoms with Gasteiger partial charge in [-0.3, -0.25) is 0 Å². The lowest BCUT2D eigenvalue weighted by molar-refractivity contribution is -0.138. The first-order valence-corrected chi connectivity index (χ1v) is 6.71. The third-order valence-electron chi connectivity index (χ3n) is 2.41. The molecule has 0 atom stereocenters. The van der Waals surface area contributed by atoms with E-state index in [1.807, 2.05) is 13.8 Å². The Morgan fingerprint density at radius 1 is 1.18 bits per heavy atom. The second kappa shape index (κ2) is 9.07. The number of alkyl halides is 3. The first-order valence-electron chi connectivity index (χ1n) is 6.71. The van der Waals surface area contributed by atoms with Crippen molar-refractivity contribution < 1.29 is 22.3 Å². The molecule has 0 amide bonds. The predicted octanol–water partition coefficient (Wildman–Crippen LogP) is 6.19. The number of allylic oxidation sites excluding steroid dienone is 3. The lowest BCUT2D eigenvalue weighted by Crippen LogP contribution is -2.10. The van der Waals surface area contributed by atoms with Crippen LogP contribution in [0.3, 0.4) is 0 Å². The van der Waals surface area contributed by atoms with Crippen LogP contribution in [-0.2, 0) is 17.5 Å². The van der Waals surface area contributed by atoms with Crippen LogP contribution in [0.2, 0.25) is 0 Å². The second-order valence-corrected chi connectivity index (χ2v) is 4.18. The van der Waals surface area contributed by atoms with Crippen LogP contribution in [0.25, 0.3) is 0 Å². The van der Waals surface area contributed by atoms with Crippen molar-refractivity contribution in [1.29, 1.82) is 0 Å². The summed E-state index contributed by atoms with van der Waals surface area (Å²) in [4.78, 5) is 0. The van der Waals surface area contributed by atoms with Crippen molar-refractivity contribution in [3.05, 3.63) is 71.8 Å². The van der Waals surface area contributed by atoms with Crippen LogP contribution in [0, 0.1) is 0 Å². The summed E-state index contributed by atoms with van der Waals surface area (Å²) >= 11 is 0.